The fourth-order valence-corrected chi connectivity index (χ4v) is 1.80. The van der Waals surface area contributed by atoms with Crippen molar-refractivity contribution in [1.82, 2.24) is 15.0 Å². The van der Waals surface area contributed by atoms with Gasteiger partial charge in [-0.15, -0.1) is 5.10 Å². The fourth-order valence-electron chi connectivity index (χ4n) is 1.63. The molecule has 4 nitrogen and oxygen atoms in total. The van der Waals surface area contributed by atoms with Crippen LogP contribution in [0, 0.1) is 5.82 Å². The Morgan fingerprint density at radius 2 is 2.24 bits per heavy atom. The van der Waals surface area contributed by atoms with Crippen LogP contribution in [0.2, 0.25) is 5.02 Å². The van der Waals surface area contributed by atoms with Crippen molar-refractivity contribution in [1.29, 1.82) is 0 Å². The molecule has 0 saturated heterocycles. The number of nitrogens with zero attached hydrogens (tertiary/aromatic N) is 3. The predicted molar refractivity (Wildman–Crippen MR) is 64.7 cm³/mol. The summed E-state index contributed by atoms with van der Waals surface area (Å²) in [6, 6.07) is 4.74. The number of nitrogen functional groups attached to an aromatic ring is 1. The summed E-state index contributed by atoms with van der Waals surface area (Å²) in [6.07, 6.45) is 1.56. The zero-order valence-electron chi connectivity index (χ0n) is 9.32. The van der Waals surface area contributed by atoms with Crippen LogP contribution in [0.3, 0.4) is 0 Å². The number of nitrogens with two attached hydrogens (primary N) is 1. The molecule has 0 bridgehead atoms. The first-order valence-electron chi connectivity index (χ1n) is 5.29. The van der Waals surface area contributed by atoms with Crippen molar-refractivity contribution in [3.05, 3.63) is 34.7 Å². The van der Waals surface area contributed by atoms with Gasteiger partial charge in [-0.2, -0.15) is 0 Å². The summed E-state index contributed by atoms with van der Waals surface area (Å²) in [5.74, 6) is -0.192. The third-order valence-electron chi connectivity index (χ3n) is 2.44. The molecule has 17 heavy (non-hydrogen) atoms. The maximum atomic E-state index is 13.9. The van der Waals surface area contributed by atoms with Gasteiger partial charge in [0, 0.05) is 0 Å². The number of benzene rings is 1. The van der Waals surface area contributed by atoms with Gasteiger partial charge in [-0.05, 0) is 18.6 Å². The minimum atomic E-state index is -0.517. The molecule has 0 spiro atoms. The average molecular weight is 255 g/mol. The molecule has 2 aromatic rings. The molecular formula is C11H12ClFN4. The smallest absolute Gasteiger partial charge is 0.169 e. The SMILES string of the molecule is CCCc1c(N)nnn1-c1cccc(Cl)c1F. The quantitative estimate of drug-likeness (QED) is 0.916. The second-order valence-corrected chi connectivity index (χ2v) is 4.06. The van der Waals surface area contributed by atoms with E-state index in [1.165, 1.54) is 10.7 Å². The van der Waals surface area contributed by atoms with Crippen molar-refractivity contribution in [2.45, 2.75) is 19.8 Å². The van der Waals surface area contributed by atoms with E-state index in [9.17, 15) is 4.39 Å². The van der Waals surface area contributed by atoms with Crippen molar-refractivity contribution >= 4 is 17.4 Å². The third-order valence-corrected chi connectivity index (χ3v) is 2.73. The van der Waals surface area contributed by atoms with Gasteiger partial charge in [0.25, 0.3) is 0 Å². The van der Waals surface area contributed by atoms with Gasteiger partial charge in [-0.25, -0.2) is 9.07 Å². The summed E-state index contributed by atoms with van der Waals surface area (Å²) in [5.41, 5.74) is 6.67. The molecule has 0 unspecified atom stereocenters. The summed E-state index contributed by atoms with van der Waals surface area (Å²) in [5, 5.41) is 7.67. The van der Waals surface area contributed by atoms with Crippen LogP contribution >= 0.6 is 11.6 Å². The number of halogens is 2. The Kier molecular flexibility index (Phi) is 3.28. The van der Waals surface area contributed by atoms with Gasteiger partial charge in [0.15, 0.2) is 11.6 Å². The van der Waals surface area contributed by atoms with Gasteiger partial charge in [0.05, 0.1) is 10.7 Å². The van der Waals surface area contributed by atoms with Crippen LogP contribution in [0.25, 0.3) is 5.69 Å². The highest BCUT2D eigenvalue weighted by molar-refractivity contribution is 6.30. The minimum Gasteiger partial charge on any atom is -0.381 e. The van der Waals surface area contributed by atoms with E-state index in [1.807, 2.05) is 6.92 Å². The lowest BCUT2D eigenvalue weighted by molar-refractivity contribution is 0.601. The van der Waals surface area contributed by atoms with Gasteiger partial charge in [-0.3, -0.25) is 0 Å². The highest BCUT2D eigenvalue weighted by Gasteiger charge is 2.15. The van der Waals surface area contributed by atoms with Gasteiger partial charge in [0.1, 0.15) is 5.69 Å². The third kappa shape index (κ3) is 2.10. The zero-order valence-corrected chi connectivity index (χ0v) is 10.1. The lowest BCUT2D eigenvalue weighted by atomic mass is 10.2. The van der Waals surface area contributed by atoms with Gasteiger partial charge < -0.3 is 5.73 Å². The van der Waals surface area contributed by atoms with Crippen LogP contribution < -0.4 is 5.73 Å². The van der Waals surface area contributed by atoms with Crippen molar-refractivity contribution in [3.8, 4) is 5.69 Å². The van der Waals surface area contributed by atoms with E-state index in [-0.39, 0.29) is 10.7 Å². The van der Waals surface area contributed by atoms with Crippen molar-refractivity contribution in [2.75, 3.05) is 5.73 Å². The maximum absolute atomic E-state index is 13.9. The van der Waals surface area contributed by atoms with Crippen LogP contribution in [-0.4, -0.2) is 15.0 Å². The molecular weight excluding hydrogens is 243 g/mol. The number of rotatable bonds is 3. The number of hydrogen-bond donors (Lipinski definition) is 1. The van der Waals surface area contributed by atoms with Crippen LogP contribution in [0.5, 0.6) is 0 Å². The van der Waals surface area contributed by atoms with E-state index in [2.05, 4.69) is 10.3 Å². The Balaban J connectivity index is 2.56. The average Bonchev–Trinajstić information content (AvgIpc) is 2.66. The fraction of sp³-hybridized carbons (Fsp3) is 0.273. The van der Waals surface area contributed by atoms with E-state index in [0.29, 0.717) is 17.9 Å². The molecule has 0 fully saturated rings. The number of hydrogen-bond acceptors (Lipinski definition) is 3. The van der Waals surface area contributed by atoms with Crippen LogP contribution in [-0.2, 0) is 6.42 Å². The van der Waals surface area contributed by atoms with Gasteiger partial charge in [0.2, 0.25) is 0 Å². The summed E-state index contributed by atoms with van der Waals surface area (Å²) in [7, 11) is 0. The second-order valence-electron chi connectivity index (χ2n) is 3.66. The summed E-state index contributed by atoms with van der Waals surface area (Å²) in [6.45, 7) is 2.01. The van der Waals surface area contributed by atoms with E-state index < -0.39 is 5.82 Å². The highest BCUT2D eigenvalue weighted by atomic mass is 35.5. The molecule has 1 aromatic heterocycles. The zero-order chi connectivity index (χ0) is 12.4. The summed E-state index contributed by atoms with van der Waals surface area (Å²) < 4.78 is 15.3. The lowest BCUT2D eigenvalue weighted by Crippen LogP contribution is -2.06. The van der Waals surface area contributed by atoms with Crippen LogP contribution in [0.1, 0.15) is 19.0 Å². The lowest BCUT2D eigenvalue weighted by Gasteiger charge is -2.07. The number of aromatic nitrogens is 3. The standard InChI is InChI=1S/C11H12ClFN4/c1-2-4-9-11(14)15-16-17(9)8-6-3-5-7(12)10(8)13/h3,5-6H,2,4,14H2,1H3. The molecule has 0 saturated carbocycles. The molecule has 6 heteroatoms. The Hall–Kier alpha value is -1.62. The van der Waals surface area contributed by atoms with E-state index in [0.717, 1.165) is 6.42 Å². The summed E-state index contributed by atoms with van der Waals surface area (Å²) >= 11 is 5.73. The normalized spacial score (nSPS) is 10.8. The summed E-state index contributed by atoms with van der Waals surface area (Å²) in [4.78, 5) is 0. The van der Waals surface area contributed by atoms with Crippen molar-refractivity contribution < 1.29 is 4.39 Å². The van der Waals surface area contributed by atoms with E-state index in [4.69, 9.17) is 17.3 Å². The van der Waals surface area contributed by atoms with Crippen molar-refractivity contribution in [3.63, 3.8) is 0 Å². The van der Waals surface area contributed by atoms with E-state index >= 15 is 0 Å². The molecule has 0 amide bonds. The molecule has 1 heterocycles. The minimum absolute atomic E-state index is 0.0546. The van der Waals surface area contributed by atoms with Crippen LogP contribution in [0.15, 0.2) is 18.2 Å². The molecule has 2 N–H and O–H groups in total. The second kappa shape index (κ2) is 4.71. The molecule has 0 radical (unpaired) electrons. The predicted octanol–water partition coefficient (Wildman–Crippen LogP) is 2.59. The topological polar surface area (TPSA) is 56.7 Å². The molecule has 0 aliphatic carbocycles. The first-order chi connectivity index (χ1) is 8.15. The van der Waals surface area contributed by atoms with Crippen LogP contribution in [0.4, 0.5) is 10.2 Å². The number of anilines is 1. The molecule has 0 atom stereocenters. The van der Waals surface area contributed by atoms with Gasteiger partial charge >= 0.3 is 0 Å². The Morgan fingerprint density at radius 3 is 2.94 bits per heavy atom. The molecule has 0 aliphatic rings. The Morgan fingerprint density at radius 1 is 1.47 bits per heavy atom. The monoisotopic (exact) mass is 254 g/mol. The largest absolute Gasteiger partial charge is 0.381 e. The van der Waals surface area contributed by atoms with Gasteiger partial charge in [-0.1, -0.05) is 36.2 Å². The van der Waals surface area contributed by atoms with E-state index in [1.54, 1.807) is 12.1 Å². The molecule has 0 aliphatic heterocycles. The molecule has 2 rings (SSSR count). The Labute approximate surface area is 103 Å². The highest BCUT2D eigenvalue weighted by Crippen LogP contribution is 2.23. The maximum Gasteiger partial charge on any atom is 0.169 e. The molecule has 1 aromatic carbocycles. The molecule has 90 valence electrons. The van der Waals surface area contributed by atoms with Crippen molar-refractivity contribution in [2.24, 2.45) is 0 Å². The first-order valence-corrected chi connectivity index (χ1v) is 5.67. The first kappa shape index (κ1) is 11.9. The Bertz CT molecular complexity index is 538.